The second kappa shape index (κ2) is 7.54. The van der Waals surface area contributed by atoms with E-state index in [1.54, 1.807) is 7.11 Å². The Labute approximate surface area is 117 Å². The van der Waals surface area contributed by atoms with Crippen LogP contribution in [0.4, 0.5) is 0 Å². The van der Waals surface area contributed by atoms with Crippen LogP contribution >= 0.6 is 0 Å². The fourth-order valence-electron chi connectivity index (χ4n) is 3.09. The van der Waals surface area contributed by atoms with Gasteiger partial charge >= 0.3 is 0 Å². The first-order valence-electron chi connectivity index (χ1n) is 7.70. The van der Waals surface area contributed by atoms with Crippen molar-refractivity contribution >= 4 is 0 Å². The zero-order valence-corrected chi connectivity index (χ0v) is 12.3. The number of methoxy groups -OCH3 is 1. The number of benzene rings is 1. The van der Waals surface area contributed by atoms with E-state index in [1.807, 2.05) is 0 Å². The molecule has 2 nitrogen and oxygen atoms in total. The summed E-state index contributed by atoms with van der Waals surface area (Å²) in [5, 5.41) is 3.71. The summed E-state index contributed by atoms with van der Waals surface area (Å²) in [6, 6.07) is 8.94. The van der Waals surface area contributed by atoms with Crippen molar-refractivity contribution in [2.24, 2.45) is 5.92 Å². The van der Waals surface area contributed by atoms with Gasteiger partial charge in [-0.25, -0.2) is 0 Å². The van der Waals surface area contributed by atoms with Crippen molar-refractivity contribution in [1.82, 2.24) is 5.32 Å². The van der Waals surface area contributed by atoms with Crippen molar-refractivity contribution in [3.63, 3.8) is 0 Å². The Hall–Kier alpha value is -1.02. The molecule has 1 aromatic carbocycles. The number of nitrogens with one attached hydrogen (secondary N) is 1. The molecule has 2 rings (SSSR count). The Morgan fingerprint density at radius 2 is 1.89 bits per heavy atom. The first kappa shape index (κ1) is 14.4. The predicted octanol–water partition coefficient (Wildman–Crippen LogP) is 4.32. The van der Waals surface area contributed by atoms with Crippen molar-refractivity contribution < 1.29 is 4.74 Å². The monoisotopic (exact) mass is 261 g/mol. The highest BCUT2D eigenvalue weighted by Gasteiger charge is 2.15. The molecule has 1 aliphatic rings. The van der Waals surface area contributed by atoms with Gasteiger partial charge in [0.2, 0.25) is 0 Å². The van der Waals surface area contributed by atoms with Crippen LogP contribution in [0.2, 0.25) is 0 Å². The second-order valence-electron chi connectivity index (χ2n) is 5.63. The van der Waals surface area contributed by atoms with Crippen molar-refractivity contribution in [2.75, 3.05) is 13.7 Å². The second-order valence-corrected chi connectivity index (χ2v) is 5.63. The fourth-order valence-corrected chi connectivity index (χ4v) is 3.09. The van der Waals surface area contributed by atoms with Crippen LogP contribution in [0.5, 0.6) is 5.75 Å². The van der Waals surface area contributed by atoms with Crippen LogP contribution in [0.3, 0.4) is 0 Å². The van der Waals surface area contributed by atoms with E-state index in [1.165, 1.54) is 37.7 Å². The molecule has 1 aliphatic carbocycles. The maximum atomic E-state index is 5.21. The van der Waals surface area contributed by atoms with Crippen molar-refractivity contribution in [3.8, 4) is 5.75 Å². The van der Waals surface area contributed by atoms with Gasteiger partial charge in [-0.2, -0.15) is 0 Å². The molecule has 0 saturated heterocycles. The van der Waals surface area contributed by atoms with Gasteiger partial charge in [0, 0.05) is 6.04 Å². The zero-order valence-electron chi connectivity index (χ0n) is 12.3. The van der Waals surface area contributed by atoms with Crippen molar-refractivity contribution in [1.29, 1.82) is 0 Å². The average molecular weight is 261 g/mol. The lowest BCUT2D eigenvalue weighted by Crippen LogP contribution is -2.23. The smallest absolute Gasteiger partial charge is 0.118 e. The molecule has 106 valence electrons. The van der Waals surface area contributed by atoms with E-state index in [9.17, 15) is 0 Å². The normalized spacial score (nSPS) is 17.6. The summed E-state index contributed by atoms with van der Waals surface area (Å²) < 4.78 is 5.21. The Kier molecular flexibility index (Phi) is 5.71. The van der Waals surface area contributed by atoms with E-state index in [-0.39, 0.29) is 0 Å². The highest BCUT2D eigenvalue weighted by atomic mass is 16.5. The first-order valence-corrected chi connectivity index (χ1v) is 7.70. The molecule has 1 N–H and O–H groups in total. The average Bonchev–Trinajstić information content (AvgIpc) is 2.97. The standard InChI is InChI=1S/C17H27NO/c1-3-17(15-8-10-16(19-2)11-9-15)18-13-12-14-6-4-5-7-14/h8-11,14,17-18H,3-7,12-13H2,1-2H3. The van der Waals surface area contributed by atoms with Gasteiger partial charge in [0.25, 0.3) is 0 Å². The fraction of sp³-hybridized carbons (Fsp3) is 0.647. The molecule has 1 saturated carbocycles. The minimum absolute atomic E-state index is 0.479. The van der Waals surface area contributed by atoms with E-state index >= 15 is 0 Å². The third-order valence-corrected chi connectivity index (χ3v) is 4.34. The minimum atomic E-state index is 0.479. The largest absolute Gasteiger partial charge is 0.497 e. The maximum absolute atomic E-state index is 5.21. The van der Waals surface area contributed by atoms with E-state index in [0.717, 1.165) is 24.6 Å². The highest BCUT2D eigenvalue weighted by molar-refractivity contribution is 5.29. The Morgan fingerprint density at radius 3 is 2.47 bits per heavy atom. The molecule has 0 bridgehead atoms. The third kappa shape index (κ3) is 4.24. The summed E-state index contributed by atoms with van der Waals surface area (Å²) in [5.74, 6) is 1.91. The van der Waals surface area contributed by atoms with Gasteiger partial charge < -0.3 is 10.1 Å². The SMILES string of the molecule is CCC(NCCC1CCCC1)c1ccc(OC)cc1. The number of ether oxygens (including phenoxy) is 1. The lowest BCUT2D eigenvalue weighted by molar-refractivity contribution is 0.413. The molecule has 1 atom stereocenters. The summed E-state index contributed by atoms with van der Waals surface area (Å²) in [7, 11) is 1.71. The Bertz CT molecular complexity index is 354. The minimum Gasteiger partial charge on any atom is -0.497 e. The predicted molar refractivity (Wildman–Crippen MR) is 80.6 cm³/mol. The number of rotatable bonds is 7. The van der Waals surface area contributed by atoms with Crippen LogP contribution in [-0.2, 0) is 0 Å². The lowest BCUT2D eigenvalue weighted by atomic mass is 10.0. The summed E-state index contributed by atoms with van der Waals surface area (Å²) in [6.45, 7) is 3.40. The van der Waals surface area contributed by atoms with Gasteiger partial charge in [0.05, 0.1) is 7.11 Å². The summed E-state index contributed by atoms with van der Waals surface area (Å²) in [6.07, 6.45) is 8.26. The van der Waals surface area contributed by atoms with Gasteiger partial charge in [-0.1, -0.05) is 44.7 Å². The van der Waals surface area contributed by atoms with Crippen LogP contribution in [-0.4, -0.2) is 13.7 Å². The molecule has 1 unspecified atom stereocenters. The Balaban J connectivity index is 1.80. The first-order chi connectivity index (χ1) is 9.33. The molecule has 0 aromatic heterocycles. The molecule has 0 radical (unpaired) electrons. The molecule has 0 aliphatic heterocycles. The van der Waals surface area contributed by atoms with Gasteiger partial charge in [0.1, 0.15) is 5.75 Å². The summed E-state index contributed by atoms with van der Waals surface area (Å²) in [5.41, 5.74) is 1.37. The molecule has 0 amide bonds. The molecule has 1 fully saturated rings. The molecule has 0 spiro atoms. The van der Waals surface area contributed by atoms with Gasteiger partial charge in [-0.05, 0) is 43.0 Å². The Morgan fingerprint density at radius 1 is 1.21 bits per heavy atom. The van der Waals surface area contributed by atoms with Crippen LogP contribution in [0, 0.1) is 5.92 Å². The zero-order chi connectivity index (χ0) is 13.5. The molecule has 1 aromatic rings. The summed E-state index contributed by atoms with van der Waals surface area (Å²) >= 11 is 0. The maximum Gasteiger partial charge on any atom is 0.118 e. The topological polar surface area (TPSA) is 21.3 Å². The lowest BCUT2D eigenvalue weighted by Gasteiger charge is -2.19. The van der Waals surface area contributed by atoms with Gasteiger partial charge in [-0.15, -0.1) is 0 Å². The molecular formula is C17H27NO. The van der Waals surface area contributed by atoms with E-state index < -0.39 is 0 Å². The van der Waals surface area contributed by atoms with Crippen LogP contribution < -0.4 is 10.1 Å². The van der Waals surface area contributed by atoms with Crippen LogP contribution in [0.25, 0.3) is 0 Å². The van der Waals surface area contributed by atoms with Crippen LogP contribution in [0.1, 0.15) is 57.1 Å². The third-order valence-electron chi connectivity index (χ3n) is 4.34. The quantitative estimate of drug-likeness (QED) is 0.789. The van der Waals surface area contributed by atoms with Crippen LogP contribution in [0.15, 0.2) is 24.3 Å². The van der Waals surface area contributed by atoms with Gasteiger partial charge in [0.15, 0.2) is 0 Å². The van der Waals surface area contributed by atoms with Gasteiger partial charge in [-0.3, -0.25) is 0 Å². The number of hydrogen-bond acceptors (Lipinski definition) is 2. The van der Waals surface area contributed by atoms with E-state index in [4.69, 9.17) is 4.74 Å². The summed E-state index contributed by atoms with van der Waals surface area (Å²) in [4.78, 5) is 0. The highest BCUT2D eigenvalue weighted by Crippen LogP contribution is 2.27. The van der Waals surface area contributed by atoms with Crippen molar-refractivity contribution in [3.05, 3.63) is 29.8 Å². The molecular weight excluding hydrogens is 234 g/mol. The van der Waals surface area contributed by atoms with E-state index in [2.05, 4.69) is 36.5 Å². The molecule has 19 heavy (non-hydrogen) atoms. The number of hydrogen-bond donors (Lipinski definition) is 1. The van der Waals surface area contributed by atoms with Crippen molar-refractivity contribution in [2.45, 2.75) is 51.5 Å². The molecule has 2 heteroatoms. The molecule has 0 heterocycles. The van der Waals surface area contributed by atoms with E-state index in [0.29, 0.717) is 6.04 Å².